The Morgan fingerprint density at radius 2 is 1.59 bits per heavy atom. The number of hydrogen-bond acceptors (Lipinski definition) is 7. The van der Waals surface area contributed by atoms with Gasteiger partial charge in [0.25, 0.3) is 5.91 Å². The fraction of sp³-hybridized carbons (Fsp3) is 0.324. The largest absolute Gasteiger partial charge is 0.479 e. The summed E-state index contributed by atoms with van der Waals surface area (Å²) in [7, 11) is 0. The summed E-state index contributed by atoms with van der Waals surface area (Å²) >= 11 is 0. The van der Waals surface area contributed by atoms with E-state index in [1.807, 2.05) is 60.7 Å². The molecule has 1 aromatic heterocycles. The van der Waals surface area contributed by atoms with E-state index in [0.29, 0.717) is 5.56 Å². The number of carbonyl (C=O) groups is 4. The number of alkyl carbamates (subject to hydrolysis) is 1. The summed E-state index contributed by atoms with van der Waals surface area (Å²) in [5.41, 5.74) is -0.828. The number of ether oxygens (including phenoxy) is 2. The summed E-state index contributed by atoms with van der Waals surface area (Å²) < 4.78 is 12.4. The average Bonchev–Trinajstić information content (AvgIpc) is 3.43. The van der Waals surface area contributed by atoms with Crippen LogP contribution in [0.4, 0.5) is 10.6 Å². The van der Waals surface area contributed by atoms with Crippen molar-refractivity contribution in [3.05, 3.63) is 96.4 Å². The van der Waals surface area contributed by atoms with E-state index in [1.54, 1.807) is 32.9 Å². The monoisotopic (exact) mass is 629 g/mol. The van der Waals surface area contributed by atoms with Gasteiger partial charge in [-0.25, -0.2) is 14.6 Å². The molecule has 3 amide bonds. The summed E-state index contributed by atoms with van der Waals surface area (Å²) in [4.78, 5) is 55.7. The first-order valence-electron chi connectivity index (χ1n) is 14.7. The number of anilines is 1. The van der Waals surface area contributed by atoms with E-state index in [0.717, 1.165) is 16.3 Å². The highest BCUT2D eigenvalue weighted by Gasteiger charge is 2.35. The molecule has 2 atom stereocenters. The Morgan fingerprint density at radius 1 is 0.913 bits per heavy atom. The van der Waals surface area contributed by atoms with Crippen molar-refractivity contribution in [1.29, 1.82) is 0 Å². The van der Waals surface area contributed by atoms with E-state index in [9.17, 15) is 24.3 Å². The molecule has 4 N–H and O–H groups in total. The average molecular weight is 630 g/mol. The molecular formula is C34H39N5O7. The second kappa shape index (κ2) is 14.2. The molecule has 0 aliphatic rings. The van der Waals surface area contributed by atoms with Crippen LogP contribution < -0.4 is 16.0 Å². The first-order chi connectivity index (χ1) is 21.7. The predicted molar refractivity (Wildman–Crippen MR) is 172 cm³/mol. The van der Waals surface area contributed by atoms with E-state index < -0.39 is 47.1 Å². The Balaban J connectivity index is 1.50. The zero-order valence-corrected chi connectivity index (χ0v) is 26.4. The number of carboxylic acids is 1. The van der Waals surface area contributed by atoms with Crippen LogP contribution in [0.25, 0.3) is 10.8 Å². The molecule has 4 rings (SSSR count). The van der Waals surface area contributed by atoms with E-state index in [-0.39, 0.29) is 19.0 Å². The molecule has 242 valence electrons. The lowest BCUT2D eigenvalue weighted by Crippen LogP contribution is -2.59. The molecule has 4 aromatic rings. The standard InChI is InChI=1S/C34H39N5O7/c1-33(2,3)46-32(44)38-34(4,5)31(43)36-26(20-45-19-22-11-7-6-8-12-22)29(40)37-27-18-39(21-35-27)28(30(41)42)25-16-15-23-13-9-10-14-24(23)17-25/h6-18,21,26,28H,19-20H2,1-5H3,(H,36,43)(H,37,40)(H,38,44)(H,41,42)/t26-,28?/m1/s1. The number of aromatic nitrogens is 2. The number of imidazole rings is 1. The third-order valence-electron chi connectivity index (χ3n) is 6.87. The first-order valence-corrected chi connectivity index (χ1v) is 14.7. The Labute approximate surface area is 267 Å². The third-order valence-corrected chi connectivity index (χ3v) is 6.87. The molecule has 0 saturated heterocycles. The number of nitrogens with zero attached hydrogens (tertiary/aromatic N) is 2. The molecule has 0 bridgehead atoms. The molecular weight excluding hydrogens is 590 g/mol. The van der Waals surface area contributed by atoms with E-state index in [1.165, 1.54) is 30.9 Å². The van der Waals surface area contributed by atoms with Crippen molar-refractivity contribution in [3.8, 4) is 0 Å². The molecule has 0 aliphatic carbocycles. The number of hydrogen-bond donors (Lipinski definition) is 4. The van der Waals surface area contributed by atoms with Gasteiger partial charge in [-0.05, 0) is 62.6 Å². The number of rotatable bonds is 12. The molecule has 3 aromatic carbocycles. The highest BCUT2D eigenvalue weighted by Crippen LogP contribution is 2.25. The zero-order chi connectivity index (χ0) is 33.5. The highest BCUT2D eigenvalue weighted by atomic mass is 16.6. The fourth-order valence-electron chi connectivity index (χ4n) is 4.58. The van der Waals surface area contributed by atoms with Crippen LogP contribution in [0.1, 0.15) is 51.8 Å². The number of nitrogens with one attached hydrogen (secondary N) is 3. The van der Waals surface area contributed by atoms with Gasteiger partial charge in [-0.15, -0.1) is 0 Å². The Bertz CT molecular complexity index is 1690. The van der Waals surface area contributed by atoms with Crippen LogP contribution in [0.2, 0.25) is 0 Å². The van der Waals surface area contributed by atoms with Crippen molar-refractivity contribution in [2.75, 3.05) is 11.9 Å². The van der Waals surface area contributed by atoms with Crippen molar-refractivity contribution in [1.82, 2.24) is 20.2 Å². The first kappa shape index (κ1) is 33.7. The van der Waals surface area contributed by atoms with Crippen LogP contribution in [0.5, 0.6) is 0 Å². The number of aliphatic carboxylic acids is 1. The molecule has 12 nitrogen and oxygen atoms in total. The minimum Gasteiger partial charge on any atom is -0.479 e. The van der Waals surface area contributed by atoms with Gasteiger partial charge in [-0.3, -0.25) is 9.59 Å². The third kappa shape index (κ3) is 9.14. The second-order valence-electron chi connectivity index (χ2n) is 12.3. The summed E-state index contributed by atoms with van der Waals surface area (Å²) in [6.07, 6.45) is 1.93. The second-order valence-corrected chi connectivity index (χ2v) is 12.3. The lowest BCUT2D eigenvalue weighted by molar-refractivity contribution is -0.139. The molecule has 0 aliphatic heterocycles. The van der Waals surface area contributed by atoms with Gasteiger partial charge in [0.2, 0.25) is 5.91 Å². The normalized spacial score (nSPS) is 13.0. The molecule has 0 radical (unpaired) electrons. The topological polar surface area (TPSA) is 161 Å². The van der Waals surface area contributed by atoms with Crippen molar-refractivity contribution in [2.24, 2.45) is 0 Å². The number of benzene rings is 3. The molecule has 1 heterocycles. The Hall–Kier alpha value is -5.23. The van der Waals surface area contributed by atoms with Gasteiger partial charge in [-0.1, -0.05) is 66.7 Å². The molecule has 0 spiro atoms. The van der Waals surface area contributed by atoms with Crippen LogP contribution in [0.15, 0.2) is 85.3 Å². The van der Waals surface area contributed by atoms with Crippen LogP contribution in [-0.4, -0.2) is 62.3 Å². The minimum absolute atomic E-state index is 0.0745. The maximum Gasteiger partial charge on any atom is 0.408 e. The van der Waals surface area contributed by atoms with Crippen molar-refractivity contribution >= 4 is 40.5 Å². The van der Waals surface area contributed by atoms with Gasteiger partial charge in [0, 0.05) is 6.20 Å². The summed E-state index contributed by atoms with van der Waals surface area (Å²) in [5, 5.41) is 19.8. The van der Waals surface area contributed by atoms with E-state index in [4.69, 9.17) is 9.47 Å². The number of carboxylic acid groups (broad SMARTS) is 1. The van der Waals surface area contributed by atoms with Crippen molar-refractivity contribution < 1.29 is 33.8 Å². The smallest absolute Gasteiger partial charge is 0.408 e. The molecule has 0 fully saturated rings. The van der Waals surface area contributed by atoms with Gasteiger partial charge >= 0.3 is 12.1 Å². The molecule has 0 saturated carbocycles. The maximum absolute atomic E-state index is 13.5. The number of carbonyl (C=O) groups excluding carboxylic acids is 3. The fourth-order valence-corrected chi connectivity index (χ4v) is 4.58. The number of amides is 3. The Kier molecular flexibility index (Phi) is 10.4. The van der Waals surface area contributed by atoms with Crippen LogP contribution in [0.3, 0.4) is 0 Å². The SMILES string of the molecule is CC(C)(C)OC(=O)NC(C)(C)C(=O)N[C@H](COCc1ccccc1)C(=O)Nc1cn(C(C(=O)O)c2ccc3ccccc3c2)cn1. The van der Waals surface area contributed by atoms with E-state index >= 15 is 0 Å². The number of fused-ring (bicyclic) bond motifs is 1. The minimum atomic E-state index is -1.45. The van der Waals surface area contributed by atoms with Gasteiger partial charge in [0.05, 0.1) is 19.5 Å². The van der Waals surface area contributed by atoms with Gasteiger partial charge in [0.15, 0.2) is 11.9 Å². The predicted octanol–water partition coefficient (Wildman–Crippen LogP) is 4.65. The summed E-state index contributed by atoms with van der Waals surface area (Å²) in [6, 6.07) is 20.0. The molecule has 46 heavy (non-hydrogen) atoms. The van der Waals surface area contributed by atoms with Gasteiger partial charge < -0.3 is 35.1 Å². The van der Waals surface area contributed by atoms with E-state index in [2.05, 4.69) is 20.9 Å². The quantitative estimate of drug-likeness (QED) is 0.176. The van der Waals surface area contributed by atoms with Crippen LogP contribution >= 0.6 is 0 Å². The zero-order valence-electron chi connectivity index (χ0n) is 26.4. The van der Waals surface area contributed by atoms with Crippen LogP contribution in [-0.2, 0) is 30.5 Å². The lowest BCUT2D eigenvalue weighted by atomic mass is 10.0. The Morgan fingerprint density at radius 3 is 2.26 bits per heavy atom. The summed E-state index contributed by atoms with van der Waals surface area (Å²) in [6.45, 7) is 8.04. The summed E-state index contributed by atoms with van der Waals surface area (Å²) in [5.74, 6) is -2.35. The van der Waals surface area contributed by atoms with Crippen molar-refractivity contribution in [3.63, 3.8) is 0 Å². The lowest BCUT2D eigenvalue weighted by Gasteiger charge is -2.29. The van der Waals surface area contributed by atoms with Crippen LogP contribution in [0, 0.1) is 0 Å². The van der Waals surface area contributed by atoms with Gasteiger partial charge in [0.1, 0.15) is 17.2 Å². The van der Waals surface area contributed by atoms with Gasteiger partial charge in [-0.2, -0.15) is 0 Å². The maximum atomic E-state index is 13.5. The van der Waals surface area contributed by atoms with Crippen molar-refractivity contribution in [2.45, 2.75) is 64.4 Å². The highest BCUT2D eigenvalue weighted by molar-refractivity contribution is 5.98. The molecule has 1 unspecified atom stereocenters. The molecule has 12 heteroatoms.